The van der Waals surface area contributed by atoms with Gasteiger partial charge >= 0.3 is 5.97 Å². The molecule has 14 heavy (non-hydrogen) atoms. The van der Waals surface area contributed by atoms with E-state index in [0.717, 1.165) is 16.1 Å². The molecule has 1 N–H and O–H groups in total. The number of aliphatic carboxylic acids is 1. The monoisotopic (exact) mass is 252 g/mol. The van der Waals surface area contributed by atoms with Crippen molar-refractivity contribution in [3.63, 3.8) is 0 Å². The summed E-state index contributed by atoms with van der Waals surface area (Å²) in [6, 6.07) is 7.74. The van der Waals surface area contributed by atoms with Crippen molar-refractivity contribution < 1.29 is 9.90 Å². The summed E-state index contributed by atoms with van der Waals surface area (Å²) < 4.78 is 1.02. The number of carboxylic acid groups (broad SMARTS) is 1. The fourth-order valence-corrected chi connectivity index (χ4v) is 1.14. The lowest BCUT2D eigenvalue weighted by molar-refractivity contribution is -0.131. The molecule has 0 amide bonds. The molecule has 72 valence electrons. The van der Waals surface area contributed by atoms with Gasteiger partial charge in [0.1, 0.15) is 0 Å². The van der Waals surface area contributed by atoms with Crippen molar-refractivity contribution in [1.29, 1.82) is 0 Å². The maximum absolute atomic E-state index is 10.1. The van der Waals surface area contributed by atoms with Crippen LogP contribution < -0.4 is 0 Å². The molecule has 0 radical (unpaired) electrons. The van der Waals surface area contributed by atoms with Crippen LogP contribution in [0.2, 0.25) is 0 Å². The molecular formula is C11H9BrO2. The lowest BCUT2D eigenvalue weighted by Gasteiger charge is -1.91. The summed E-state index contributed by atoms with van der Waals surface area (Å²) in [7, 11) is 0. The van der Waals surface area contributed by atoms with Crippen molar-refractivity contribution in [2.45, 2.75) is 0 Å². The van der Waals surface area contributed by atoms with E-state index in [1.54, 1.807) is 6.08 Å². The Morgan fingerprint density at radius 1 is 1.21 bits per heavy atom. The van der Waals surface area contributed by atoms with Crippen LogP contribution in [0, 0.1) is 0 Å². The van der Waals surface area contributed by atoms with Gasteiger partial charge in [0.15, 0.2) is 0 Å². The second-order valence-electron chi connectivity index (χ2n) is 2.61. The lowest BCUT2D eigenvalue weighted by Crippen LogP contribution is -1.84. The summed E-state index contributed by atoms with van der Waals surface area (Å²) in [5.41, 5.74) is 1.03. The second-order valence-corrected chi connectivity index (χ2v) is 3.52. The zero-order chi connectivity index (χ0) is 10.4. The van der Waals surface area contributed by atoms with Crippen molar-refractivity contribution in [2.75, 3.05) is 0 Å². The van der Waals surface area contributed by atoms with Crippen LogP contribution in [0.5, 0.6) is 0 Å². The first kappa shape index (κ1) is 10.7. The molecule has 0 heterocycles. The minimum Gasteiger partial charge on any atom is -0.478 e. The first-order valence-corrected chi connectivity index (χ1v) is 4.81. The minimum atomic E-state index is -0.939. The molecule has 0 bridgehead atoms. The maximum atomic E-state index is 10.1. The third kappa shape index (κ3) is 4.05. The molecular weight excluding hydrogens is 244 g/mol. The van der Waals surface area contributed by atoms with Gasteiger partial charge in [-0.05, 0) is 17.7 Å². The predicted molar refractivity (Wildman–Crippen MR) is 60.0 cm³/mol. The van der Waals surface area contributed by atoms with E-state index in [9.17, 15) is 4.79 Å². The number of benzene rings is 1. The molecule has 1 aromatic rings. The van der Waals surface area contributed by atoms with Crippen LogP contribution in [0.1, 0.15) is 5.56 Å². The molecule has 1 aromatic carbocycles. The summed E-state index contributed by atoms with van der Waals surface area (Å²) >= 11 is 3.33. The molecule has 0 aromatic heterocycles. The smallest absolute Gasteiger partial charge is 0.328 e. The van der Waals surface area contributed by atoms with Gasteiger partial charge in [0, 0.05) is 10.5 Å². The van der Waals surface area contributed by atoms with Gasteiger partial charge in [-0.2, -0.15) is 0 Å². The van der Waals surface area contributed by atoms with Gasteiger partial charge in [-0.1, -0.05) is 46.3 Å². The Bertz CT molecular complexity index is 363. The van der Waals surface area contributed by atoms with E-state index in [2.05, 4.69) is 15.9 Å². The van der Waals surface area contributed by atoms with Crippen LogP contribution in [0.25, 0.3) is 6.08 Å². The predicted octanol–water partition coefficient (Wildman–Crippen LogP) is 3.10. The highest BCUT2D eigenvalue weighted by Crippen LogP contribution is 2.11. The van der Waals surface area contributed by atoms with Gasteiger partial charge in [-0.15, -0.1) is 0 Å². The van der Waals surface area contributed by atoms with Crippen LogP contribution in [0.3, 0.4) is 0 Å². The van der Waals surface area contributed by atoms with Gasteiger partial charge in [0.25, 0.3) is 0 Å². The molecule has 0 unspecified atom stereocenters. The van der Waals surface area contributed by atoms with Crippen LogP contribution in [-0.4, -0.2) is 11.1 Å². The highest BCUT2D eigenvalue weighted by atomic mass is 79.9. The van der Waals surface area contributed by atoms with E-state index < -0.39 is 5.97 Å². The number of rotatable bonds is 3. The van der Waals surface area contributed by atoms with Gasteiger partial charge in [0.05, 0.1) is 0 Å². The van der Waals surface area contributed by atoms with E-state index in [-0.39, 0.29) is 0 Å². The Labute approximate surface area is 90.7 Å². The van der Waals surface area contributed by atoms with Crippen LogP contribution >= 0.6 is 15.9 Å². The first-order chi connectivity index (χ1) is 6.68. The first-order valence-electron chi connectivity index (χ1n) is 4.02. The number of halogens is 1. The SMILES string of the molecule is O=C(O)C=CC=Cc1ccc(Br)cc1. The standard InChI is InChI=1S/C11H9BrO2/c12-10-7-5-9(6-8-10)3-1-2-4-11(13)14/h1-8H,(H,13,14). The zero-order valence-electron chi connectivity index (χ0n) is 7.35. The van der Waals surface area contributed by atoms with Gasteiger partial charge < -0.3 is 5.11 Å². The molecule has 0 atom stereocenters. The van der Waals surface area contributed by atoms with E-state index >= 15 is 0 Å². The summed E-state index contributed by atoms with van der Waals surface area (Å²) in [5, 5.41) is 8.32. The molecule has 0 spiro atoms. The fourth-order valence-electron chi connectivity index (χ4n) is 0.878. The Hall–Kier alpha value is -1.35. The maximum Gasteiger partial charge on any atom is 0.328 e. The number of allylic oxidation sites excluding steroid dienone is 2. The molecule has 2 nitrogen and oxygen atoms in total. The molecule has 3 heteroatoms. The van der Waals surface area contributed by atoms with Crippen LogP contribution in [0.4, 0.5) is 0 Å². The minimum absolute atomic E-state index is 0.939. The molecule has 0 fully saturated rings. The molecule has 0 saturated carbocycles. The van der Waals surface area contributed by atoms with E-state index in [1.807, 2.05) is 30.3 Å². The Balaban J connectivity index is 2.60. The number of carbonyl (C=O) groups is 1. The Morgan fingerprint density at radius 3 is 2.43 bits per heavy atom. The summed E-state index contributed by atoms with van der Waals surface area (Å²) in [4.78, 5) is 10.1. The van der Waals surface area contributed by atoms with Crippen LogP contribution in [0.15, 0.2) is 47.0 Å². The van der Waals surface area contributed by atoms with Crippen molar-refractivity contribution >= 4 is 28.0 Å². The molecule has 1 rings (SSSR count). The highest BCUT2D eigenvalue weighted by molar-refractivity contribution is 9.10. The summed E-state index contributed by atoms with van der Waals surface area (Å²) in [5.74, 6) is -0.939. The quantitative estimate of drug-likeness (QED) is 0.663. The van der Waals surface area contributed by atoms with Crippen LogP contribution in [-0.2, 0) is 4.79 Å². The third-order valence-electron chi connectivity index (χ3n) is 1.51. The molecule has 0 aliphatic carbocycles. The fraction of sp³-hybridized carbons (Fsp3) is 0. The largest absolute Gasteiger partial charge is 0.478 e. The van der Waals surface area contributed by atoms with Gasteiger partial charge in [-0.3, -0.25) is 0 Å². The normalized spacial score (nSPS) is 11.2. The molecule has 0 saturated heterocycles. The van der Waals surface area contributed by atoms with Gasteiger partial charge in [-0.25, -0.2) is 4.79 Å². The Kier molecular flexibility index (Phi) is 4.13. The van der Waals surface area contributed by atoms with Crippen molar-refractivity contribution in [3.05, 3.63) is 52.5 Å². The summed E-state index contributed by atoms with van der Waals surface area (Å²) in [6.45, 7) is 0. The summed E-state index contributed by atoms with van der Waals surface area (Å²) in [6.07, 6.45) is 6.11. The second kappa shape index (κ2) is 5.40. The van der Waals surface area contributed by atoms with Crippen molar-refractivity contribution in [3.8, 4) is 0 Å². The number of carboxylic acids is 1. The van der Waals surface area contributed by atoms with Crippen molar-refractivity contribution in [1.82, 2.24) is 0 Å². The van der Waals surface area contributed by atoms with Gasteiger partial charge in [0.2, 0.25) is 0 Å². The van der Waals surface area contributed by atoms with Crippen molar-refractivity contribution in [2.24, 2.45) is 0 Å². The molecule has 0 aliphatic heterocycles. The highest BCUT2D eigenvalue weighted by Gasteiger charge is 1.86. The molecule has 0 aliphatic rings. The lowest BCUT2D eigenvalue weighted by atomic mass is 10.2. The Morgan fingerprint density at radius 2 is 1.86 bits per heavy atom. The van der Waals surface area contributed by atoms with E-state index in [4.69, 9.17) is 5.11 Å². The average Bonchev–Trinajstić information content (AvgIpc) is 2.15. The number of hydrogen-bond donors (Lipinski definition) is 1. The topological polar surface area (TPSA) is 37.3 Å². The third-order valence-corrected chi connectivity index (χ3v) is 2.04. The van der Waals surface area contributed by atoms with E-state index in [1.165, 1.54) is 6.08 Å². The van der Waals surface area contributed by atoms with E-state index in [0.29, 0.717) is 0 Å². The average molecular weight is 253 g/mol. The number of hydrogen-bond acceptors (Lipinski definition) is 1. The zero-order valence-corrected chi connectivity index (χ0v) is 8.94.